The number of likely N-dealkylation sites (tertiary alicyclic amines) is 1. The lowest BCUT2D eigenvalue weighted by Crippen LogP contribution is -2.29. The second-order valence-electron chi connectivity index (χ2n) is 6.79. The number of amides is 1. The normalized spacial score (nSPS) is 14.2. The zero-order chi connectivity index (χ0) is 18.8. The number of H-pyrrole nitrogens is 1. The molecule has 0 aliphatic carbocycles. The fourth-order valence-corrected chi connectivity index (χ4v) is 5.06. The van der Waals surface area contributed by atoms with Gasteiger partial charge in [-0.1, -0.05) is 29.8 Å². The summed E-state index contributed by atoms with van der Waals surface area (Å²) in [7, 11) is 0. The van der Waals surface area contributed by atoms with Crippen molar-refractivity contribution in [3.8, 4) is 11.1 Å². The van der Waals surface area contributed by atoms with Crippen LogP contribution in [0.2, 0.25) is 0 Å². The van der Waals surface area contributed by atoms with E-state index in [1.54, 1.807) is 0 Å². The minimum Gasteiger partial charge on any atom is -0.342 e. The molecule has 1 N–H and O–H groups in total. The quantitative estimate of drug-likeness (QED) is 0.708. The zero-order valence-electron chi connectivity index (χ0n) is 15.2. The van der Waals surface area contributed by atoms with Crippen LogP contribution >= 0.6 is 23.1 Å². The van der Waals surface area contributed by atoms with Gasteiger partial charge in [-0.15, -0.1) is 23.1 Å². The van der Waals surface area contributed by atoms with Crippen LogP contribution in [0.5, 0.6) is 0 Å². The van der Waals surface area contributed by atoms with Crippen LogP contribution in [0.15, 0.2) is 34.4 Å². The number of nitrogens with zero attached hydrogens (tertiary/aromatic N) is 2. The first kappa shape index (κ1) is 18.3. The van der Waals surface area contributed by atoms with E-state index in [0.717, 1.165) is 41.9 Å². The van der Waals surface area contributed by atoms with Gasteiger partial charge in [-0.05, 0) is 25.3 Å². The topological polar surface area (TPSA) is 66.1 Å². The highest BCUT2D eigenvalue weighted by atomic mass is 32.2. The minimum atomic E-state index is -0.113. The van der Waals surface area contributed by atoms with Crippen LogP contribution < -0.4 is 5.56 Å². The summed E-state index contributed by atoms with van der Waals surface area (Å²) in [4.78, 5) is 34.9. The molecule has 5 nitrogen and oxygen atoms in total. The maximum absolute atomic E-state index is 12.7. The molecule has 0 radical (unpaired) electrons. The minimum absolute atomic E-state index is 0.113. The van der Waals surface area contributed by atoms with Gasteiger partial charge >= 0.3 is 0 Å². The summed E-state index contributed by atoms with van der Waals surface area (Å²) in [6.07, 6.45) is 2.20. The Kier molecular flexibility index (Phi) is 5.31. The number of fused-ring (bicyclic) bond motifs is 1. The summed E-state index contributed by atoms with van der Waals surface area (Å²) in [5, 5.41) is 2.64. The van der Waals surface area contributed by atoms with E-state index in [1.165, 1.54) is 28.7 Å². The van der Waals surface area contributed by atoms with Crippen LogP contribution in [-0.2, 0) is 10.5 Å². The predicted molar refractivity (Wildman–Crippen MR) is 112 cm³/mol. The van der Waals surface area contributed by atoms with Gasteiger partial charge in [0.25, 0.3) is 5.56 Å². The predicted octanol–water partition coefficient (Wildman–Crippen LogP) is 3.82. The second-order valence-corrected chi connectivity index (χ2v) is 8.63. The Hall–Kier alpha value is -2.12. The van der Waals surface area contributed by atoms with E-state index in [9.17, 15) is 9.59 Å². The van der Waals surface area contributed by atoms with Gasteiger partial charge in [-0.2, -0.15) is 0 Å². The number of hydrogen-bond donors (Lipinski definition) is 1. The molecular formula is C20H21N3O2S2. The molecule has 0 unspecified atom stereocenters. The lowest BCUT2D eigenvalue weighted by atomic mass is 10.1. The Morgan fingerprint density at radius 3 is 2.74 bits per heavy atom. The summed E-state index contributed by atoms with van der Waals surface area (Å²) in [6, 6.07) is 8.15. The molecule has 1 amide bonds. The number of thioether (sulfide) groups is 1. The smallest absolute Gasteiger partial charge is 0.260 e. The molecule has 3 heterocycles. The monoisotopic (exact) mass is 399 g/mol. The third-order valence-electron chi connectivity index (χ3n) is 4.78. The molecule has 7 heteroatoms. The number of aryl methyl sites for hydroxylation is 1. The number of thiophene rings is 1. The summed E-state index contributed by atoms with van der Waals surface area (Å²) >= 11 is 2.99. The summed E-state index contributed by atoms with van der Waals surface area (Å²) in [5.74, 6) is 1.77. The number of carbonyl (C=O) groups excluding carboxylic acids is 1. The van der Waals surface area contributed by atoms with Crippen LogP contribution in [0.4, 0.5) is 0 Å². The molecule has 4 rings (SSSR count). The number of rotatable bonds is 5. The number of aromatic amines is 1. The molecule has 0 bridgehead atoms. The average molecular weight is 400 g/mol. The molecule has 27 heavy (non-hydrogen) atoms. The maximum Gasteiger partial charge on any atom is 0.260 e. The van der Waals surface area contributed by atoms with Crippen molar-refractivity contribution >= 4 is 39.2 Å². The zero-order valence-corrected chi connectivity index (χ0v) is 16.8. The molecule has 1 aromatic carbocycles. The van der Waals surface area contributed by atoms with Crippen molar-refractivity contribution in [3.05, 3.63) is 51.4 Å². The Bertz CT molecular complexity index is 1020. The van der Waals surface area contributed by atoms with Gasteiger partial charge in [0.15, 0.2) is 0 Å². The fraction of sp³-hybridized carbons (Fsp3) is 0.350. The number of benzene rings is 1. The van der Waals surface area contributed by atoms with E-state index >= 15 is 0 Å². The van der Waals surface area contributed by atoms with Crippen molar-refractivity contribution in [3.63, 3.8) is 0 Å². The maximum atomic E-state index is 12.7. The van der Waals surface area contributed by atoms with Crippen molar-refractivity contribution in [1.29, 1.82) is 0 Å². The van der Waals surface area contributed by atoms with E-state index in [0.29, 0.717) is 22.7 Å². The molecule has 0 saturated carbocycles. The molecule has 3 aromatic rings. The molecule has 1 aliphatic heterocycles. The molecule has 1 aliphatic rings. The Labute approximate surface area is 165 Å². The van der Waals surface area contributed by atoms with Gasteiger partial charge in [0.05, 0.1) is 16.9 Å². The third kappa shape index (κ3) is 3.94. The van der Waals surface area contributed by atoms with E-state index in [2.05, 4.69) is 9.97 Å². The van der Waals surface area contributed by atoms with Crippen LogP contribution in [0, 0.1) is 6.92 Å². The van der Waals surface area contributed by atoms with Crippen molar-refractivity contribution < 1.29 is 4.79 Å². The van der Waals surface area contributed by atoms with Crippen molar-refractivity contribution in [2.75, 3.05) is 18.8 Å². The fourth-order valence-electron chi connectivity index (χ4n) is 3.30. The molecule has 1 fully saturated rings. The Morgan fingerprint density at radius 1 is 1.26 bits per heavy atom. The van der Waals surface area contributed by atoms with Crippen LogP contribution in [0.3, 0.4) is 0 Å². The first-order valence-corrected chi connectivity index (χ1v) is 11.1. The largest absolute Gasteiger partial charge is 0.342 e. The first-order chi connectivity index (χ1) is 13.1. The van der Waals surface area contributed by atoms with Gasteiger partial charge in [0.1, 0.15) is 10.7 Å². The van der Waals surface area contributed by atoms with Gasteiger partial charge in [-0.3, -0.25) is 9.59 Å². The van der Waals surface area contributed by atoms with E-state index in [4.69, 9.17) is 0 Å². The molecular weight excluding hydrogens is 378 g/mol. The van der Waals surface area contributed by atoms with Gasteiger partial charge in [0, 0.05) is 24.0 Å². The van der Waals surface area contributed by atoms with Gasteiger partial charge < -0.3 is 9.88 Å². The van der Waals surface area contributed by atoms with Gasteiger partial charge in [-0.25, -0.2) is 4.98 Å². The molecule has 0 atom stereocenters. The second kappa shape index (κ2) is 7.86. The summed E-state index contributed by atoms with van der Waals surface area (Å²) in [5.41, 5.74) is 3.02. The highest BCUT2D eigenvalue weighted by Crippen LogP contribution is 2.31. The number of hydrogen-bond acceptors (Lipinski definition) is 5. The van der Waals surface area contributed by atoms with E-state index in [1.807, 2.05) is 41.5 Å². The molecule has 1 saturated heterocycles. The van der Waals surface area contributed by atoms with E-state index in [-0.39, 0.29) is 11.5 Å². The highest BCUT2D eigenvalue weighted by molar-refractivity contribution is 7.99. The van der Waals surface area contributed by atoms with Crippen LogP contribution in [0.25, 0.3) is 21.3 Å². The van der Waals surface area contributed by atoms with Gasteiger partial charge in [0.2, 0.25) is 5.91 Å². The van der Waals surface area contributed by atoms with E-state index < -0.39 is 0 Å². The lowest BCUT2D eigenvalue weighted by molar-refractivity contribution is -0.127. The SMILES string of the molecule is Cc1ccc(-c2csc3nc(CSCC(=O)N4CCCC4)[nH]c(=O)c23)cc1. The highest BCUT2D eigenvalue weighted by Gasteiger charge is 2.18. The summed E-state index contributed by atoms with van der Waals surface area (Å²) < 4.78 is 0. The number of aromatic nitrogens is 2. The molecule has 2 aromatic heterocycles. The lowest BCUT2D eigenvalue weighted by Gasteiger charge is -2.14. The van der Waals surface area contributed by atoms with Crippen LogP contribution in [-0.4, -0.2) is 39.6 Å². The average Bonchev–Trinajstić information content (AvgIpc) is 3.32. The van der Waals surface area contributed by atoms with Crippen molar-refractivity contribution in [1.82, 2.24) is 14.9 Å². The first-order valence-electron chi connectivity index (χ1n) is 9.05. The molecule has 140 valence electrons. The van der Waals surface area contributed by atoms with Crippen LogP contribution in [0.1, 0.15) is 24.2 Å². The Balaban J connectivity index is 1.50. The molecule has 0 spiro atoms. The standard InChI is InChI=1S/C20H21N3O2S2/c1-13-4-6-14(7-5-13)15-10-27-20-18(15)19(25)21-16(22-20)11-26-12-17(24)23-8-2-3-9-23/h4-7,10H,2-3,8-9,11-12H2,1H3,(H,21,22,25). The third-order valence-corrected chi connectivity index (χ3v) is 6.58. The van der Waals surface area contributed by atoms with Crippen molar-refractivity contribution in [2.45, 2.75) is 25.5 Å². The van der Waals surface area contributed by atoms with Crippen molar-refractivity contribution in [2.24, 2.45) is 0 Å². The Morgan fingerprint density at radius 2 is 2.00 bits per heavy atom. The number of nitrogens with one attached hydrogen (secondary N) is 1. The summed E-state index contributed by atoms with van der Waals surface area (Å²) in [6.45, 7) is 3.79. The number of carbonyl (C=O) groups is 1.